The van der Waals surface area contributed by atoms with Crippen molar-refractivity contribution < 1.29 is 4.39 Å². The van der Waals surface area contributed by atoms with Gasteiger partial charge in [-0.1, -0.05) is 59.3 Å². The van der Waals surface area contributed by atoms with Crippen LogP contribution in [0.4, 0.5) is 15.8 Å². The number of hydrogen-bond donors (Lipinski definition) is 2. The molecule has 5 aromatic rings. The minimum absolute atomic E-state index is 0.0577. The first kappa shape index (κ1) is 26.9. The lowest BCUT2D eigenvalue weighted by Gasteiger charge is -2.23. The molecule has 2 fully saturated rings. The molecule has 0 radical (unpaired) electrons. The van der Waals surface area contributed by atoms with Crippen molar-refractivity contribution in [1.82, 2.24) is 20.0 Å². The third-order valence-corrected chi connectivity index (χ3v) is 8.48. The highest BCUT2D eigenvalue weighted by molar-refractivity contribution is 6.35. The Labute approximate surface area is 252 Å². The third-order valence-electron chi connectivity index (χ3n) is 8.20. The van der Waals surface area contributed by atoms with E-state index in [1.807, 2.05) is 47.3 Å². The van der Waals surface area contributed by atoms with Crippen LogP contribution in [0.3, 0.4) is 0 Å². The normalized spacial score (nSPS) is 18.8. The molecule has 4 atom stereocenters. The second-order valence-corrected chi connectivity index (χ2v) is 11.6. The summed E-state index contributed by atoms with van der Waals surface area (Å²) < 4.78 is 15.7. The van der Waals surface area contributed by atoms with Gasteiger partial charge in [-0.15, -0.1) is 5.10 Å². The molecule has 7 rings (SSSR count). The summed E-state index contributed by atoms with van der Waals surface area (Å²) in [5.74, 6) is -0.278. The number of hydrogen-bond acceptors (Lipinski definition) is 7. The Balaban J connectivity index is 1.31. The van der Waals surface area contributed by atoms with E-state index in [0.717, 1.165) is 30.4 Å². The molecule has 8 nitrogen and oxygen atoms in total. The minimum atomic E-state index is -0.440. The standard InChI is InChI=1S/C33H26ClFN8/c34-28-14-24(39-32(20-6-8-23(35)9-7-20)29-18-43(42-41-29)25-10-11-25)13-27-31(22(16-37)17-38-33(27)28)40-30(26-12-21(26)15-36)19-4-2-1-3-5-19/h1-9,13-14,17-18,21,25-26,30,32,39H,10-12H2,(H,38,40)/t21-,26?,30?,32?/m0/s1. The summed E-state index contributed by atoms with van der Waals surface area (Å²) in [5.41, 5.74) is 4.73. The molecule has 3 aromatic carbocycles. The van der Waals surface area contributed by atoms with Gasteiger partial charge in [0.25, 0.3) is 0 Å². The molecule has 2 aliphatic carbocycles. The maximum Gasteiger partial charge on any atom is 0.123 e. The van der Waals surface area contributed by atoms with Crippen LogP contribution in [0.1, 0.15) is 59.8 Å². The molecule has 2 N–H and O–H groups in total. The summed E-state index contributed by atoms with van der Waals surface area (Å²) in [4.78, 5) is 4.52. The quantitative estimate of drug-likeness (QED) is 0.185. The van der Waals surface area contributed by atoms with Crippen LogP contribution >= 0.6 is 11.6 Å². The van der Waals surface area contributed by atoms with Crippen molar-refractivity contribution >= 4 is 33.9 Å². The van der Waals surface area contributed by atoms with E-state index in [2.05, 4.69) is 38.1 Å². The van der Waals surface area contributed by atoms with Crippen molar-refractivity contribution in [1.29, 1.82) is 10.5 Å². The predicted octanol–water partition coefficient (Wildman–Crippen LogP) is 7.34. The number of rotatable bonds is 9. The highest BCUT2D eigenvalue weighted by Gasteiger charge is 2.44. The van der Waals surface area contributed by atoms with Crippen LogP contribution < -0.4 is 10.6 Å². The van der Waals surface area contributed by atoms with E-state index < -0.39 is 6.04 Å². The molecule has 2 aromatic heterocycles. The highest BCUT2D eigenvalue weighted by atomic mass is 35.5. The Kier molecular flexibility index (Phi) is 6.89. The van der Waals surface area contributed by atoms with Crippen molar-refractivity contribution in [2.75, 3.05) is 10.6 Å². The van der Waals surface area contributed by atoms with Crippen LogP contribution in [0.25, 0.3) is 10.9 Å². The lowest BCUT2D eigenvalue weighted by atomic mass is 9.99. The van der Waals surface area contributed by atoms with E-state index >= 15 is 0 Å². The van der Waals surface area contributed by atoms with E-state index in [4.69, 9.17) is 11.6 Å². The second kappa shape index (κ2) is 11.0. The molecule has 2 aliphatic rings. The van der Waals surface area contributed by atoms with Crippen LogP contribution in [-0.4, -0.2) is 20.0 Å². The van der Waals surface area contributed by atoms with Crippen molar-refractivity contribution in [3.8, 4) is 12.1 Å². The van der Waals surface area contributed by atoms with E-state index in [-0.39, 0.29) is 23.7 Å². The number of anilines is 2. The number of pyridine rings is 1. The number of nitriles is 2. The average Bonchev–Trinajstić information content (AvgIpc) is 3.97. The molecular weight excluding hydrogens is 563 g/mol. The predicted molar refractivity (Wildman–Crippen MR) is 162 cm³/mol. The van der Waals surface area contributed by atoms with Crippen LogP contribution in [0.2, 0.25) is 5.02 Å². The van der Waals surface area contributed by atoms with Crippen molar-refractivity contribution in [2.45, 2.75) is 37.4 Å². The maximum absolute atomic E-state index is 13.8. The van der Waals surface area contributed by atoms with Crippen molar-refractivity contribution in [3.63, 3.8) is 0 Å². The SMILES string of the molecule is N#Cc1cnc2c(Cl)cc(NC(c3ccc(F)cc3)c3cn(C4CC4)nn3)cc2c1NC(c1ccccc1)C1C[C@H]1C#N. The third kappa shape index (κ3) is 5.36. The molecule has 0 bridgehead atoms. The van der Waals surface area contributed by atoms with Gasteiger partial charge < -0.3 is 10.6 Å². The largest absolute Gasteiger partial charge is 0.376 e. The Morgan fingerprint density at radius 3 is 2.49 bits per heavy atom. The zero-order chi connectivity index (χ0) is 29.5. The summed E-state index contributed by atoms with van der Waals surface area (Å²) >= 11 is 6.82. The molecule has 43 heavy (non-hydrogen) atoms. The van der Waals surface area contributed by atoms with Gasteiger partial charge in [0, 0.05) is 23.2 Å². The van der Waals surface area contributed by atoms with Crippen LogP contribution in [0.15, 0.2) is 79.1 Å². The lowest BCUT2D eigenvalue weighted by molar-refractivity contribution is 0.610. The number of aromatic nitrogens is 4. The number of fused-ring (bicyclic) bond motifs is 1. The van der Waals surface area contributed by atoms with Crippen molar-refractivity contribution in [3.05, 3.63) is 112 Å². The van der Waals surface area contributed by atoms with Gasteiger partial charge in [0.1, 0.15) is 17.6 Å². The Bertz CT molecular complexity index is 1890. The van der Waals surface area contributed by atoms with Gasteiger partial charge in [-0.05, 0) is 54.7 Å². The fraction of sp³-hybridized carbons (Fsp3) is 0.242. The molecule has 2 heterocycles. The van der Waals surface area contributed by atoms with Gasteiger partial charge in [0.2, 0.25) is 0 Å². The fourth-order valence-electron chi connectivity index (χ4n) is 5.66. The monoisotopic (exact) mass is 588 g/mol. The highest BCUT2D eigenvalue weighted by Crippen LogP contribution is 2.49. The summed E-state index contributed by atoms with van der Waals surface area (Å²) in [6, 6.07) is 24.3. The number of halogens is 2. The van der Waals surface area contributed by atoms with E-state index in [0.29, 0.717) is 44.6 Å². The molecule has 0 aliphatic heterocycles. The Morgan fingerprint density at radius 1 is 1.00 bits per heavy atom. The molecule has 0 amide bonds. The lowest BCUT2D eigenvalue weighted by Crippen LogP contribution is -2.16. The van der Waals surface area contributed by atoms with Gasteiger partial charge >= 0.3 is 0 Å². The fourth-order valence-corrected chi connectivity index (χ4v) is 5.93. The topological polar surface area (TPSA) is 115 Å². The molecule has 212 valence electrons. The zero-order valence-electron chi connectivity index (χ0n) is 23.0. The maximum atomic E-state index is 13.8. The van der Waals surface area contributed by atoms with Gasteiger partial charge in [0.15, 0.2) is 0 Å². The van der Waals surface area contributed by atoms with Crippen molar-refractivity contribution in [2.24, 2.45) is 11.8 Å². The Hall–Kier alpha value is -4.99. The van der Waals surface area contributed by atoms with Gasteiger partial charge in [-0.2, -0.15) is 10.5 Å². The average molecular weight is 589 g/mol. The molecule has 0 saturated heterocycles. The first-order valence-corrected chi connectivity index (χ1v) is 14.6. The van der Waals surface area contributed by atoms with E-state index in [1.165, 1.54) is 18.3 Å². The summed E-state index contributed by atoms with van der Waals surface area (Å²) in [6.07, 6.45) is 6.37. The van der Waals surface area contributed by atoms with Gasteiger partial charge in [-0.25, -0.2) is 9.07 Å². The smallest absolute Gasteiger partial charge is 0.123 e. The summed E-state index contributed by atoms with van der Waals surface area (Å²) in [6.45, 7) is 0. The second-order valence-electron chi connectivity index (χ2n) is 11.2. The first-order valence-electron chi connectivity index (χ1n) is 14.2. The summed E-state index contributed by atoms with van der Waals surface area (Å²) in [5, 5.41) is 36.7. The van der Waals surface area contributed by atoms with Gasteiger partial charge in [0.05, 0.1) is 58.1 Å². The molecule has 3 unspecified atom stereocenters. The first-order chi connectivity index (χ1) is 21.0. The molecular formula is C33H26ClFN8. The van der Waals surface area contributed by atoms with Crippen LogP contribution in [0, 0.1) is 40.3 Å². The van der Waals surface area contributed by atoms with Crippen LogP contribution in [-0.2, 0) is 0 Å². The van der Waals surface area contributed by atoms with Crippen LogP contribution in [0.5, 0.6) is 0 Å². The number of benzene rings is 3. The number of nitrogens with one attached hydrogen (secondary N) is 2. The Morgan fingerprint density at radius 2 is 1.79 bits per heavy atom. The van der Waals surface area contributed by atoms with E-state index in [1.54, 1.807) is 18.2 Å². The zero-order valence-corrected chi connectivity index (χ0v) is 23.7. The summed E-state index contributed by atoms with van der Waals surface area (Å²) in [7, 11) is 0. The van der Waals surface area contributed by atoms with E-state index in [9.17, 15) is 14.9 Å². The number of nitrogens with zero attached hydrogens (tertiary/aromatic N) is 6. The minimum Gasteiger partial charge on any atom is -0.376 e. The van der Waals surface area contributed by atoms with Gasteiger partial charge in [-0.3, -0.25) is 4.98 Å². The molecule has 0 spiro atoms. The molecule has 2 saturated carbocycles. The molecule has 10 heteroatoms.